The van der Waals surface area contributed by atoms with Crippen LogP contribution < -0.4 is 5.73 Å². The van der Waals surface area contributed by atoms with Gasteiger partial charge in [-0.05, 0) is 36.9 Å². The molecule has 0 saturated heterocycles. The molecule has 17 heavy (non-hydrogen) atoms. The Balaban J connectivity index is 2.49. The number of thiophene rings is 1. The lowest BCUT2D eigenvalue weighted by molar-refractivity contribution is 0.263. The number of aryl methyl sites for hydroxylation is 2. The van der Waals surface area contributed by atoms with Gasteiger partial charge in [-0.3, -0.25) is 0 Å². The molecule has 0 saturated carbocycles. The highest BCUT2D eigenvalue weighted by molar-refractivity contribution is 7.13. The molecule has 5 heteroatoms. The fourth-order valence-electron chi connectivity index (χ4n) is 1.59. The van der Waals surface area contributed by atoms with Gasteiger partial charge in [0.25, 0.3) is 0 Å². The molecule has 0 aliphatic carbocycles. The van der Waals surface area contributed by atoms with E-state index in [0.29, 0.717) is 5.82 Å². The van der Waals surface area contributed by atoms with Gasteiger partial charge in [0.05, 0.1) is 23.2 Å². The molecule has 0 aromatic carbocycles. The quantitative estimate of drug-likeness (QED) is 0.870. The van der Waals surface area contributed by atoms with Gasteiger partial charge in [-0.25, -0.2) is 9.97 Å². The summed E-state index contributed by atoms with van der Waals surface area (Å²) < 4.78 is 0. The molecule has 2 aromatic rings. The van der Waals surface area contributed by atoms with Gasteiger partial charge in [0, 0.05) is 5.69 Å². The lowest BCUT2D eigenvalue weighted by Crippen LogP contribution is -2.18. The summed E-state index contributed by atoms with van der Waals surface area (Å²) in [5, 5.41) is 11.1. The molecule has 2 heterocycles. The molecule has 2 aromatic heterocycles. The van der Waals surface area contributed by atoms with E-state index in [0.717, 1.165) is 16.3 Å². The Morgan fingerprint density at radius 3 is 2.76 bits per heavy atom. The number of aromatic nitrogens is 2. The zero-order valence-electron chi connectivity index (χ0n) is 9.84. The Bertz CT molecular complexity index is 524. The van der Waals surface area contributed by atoms with E-state index in [4.69, 9.17) is 10.8 Å². The van der Waals surface area contributed by atoms with Crippen LogP contribution in [-0.2, 0) is 0 Å². The van der Waals surface area contributed by atoms with Crippen LogP contribution in [0, 0.1) is 13.8 Å². The molecule has 1 unspecified atom stereocenters. The van der Waals surface area contributed by atoms with Crippen LogP contribution in [0.5, 0.6) is 0 Å². The number of aliphatic hydroxyl groups excluding tert-OH is 1. The Hall–Kier alpha value is -1.30. The third-order valence-corrected chi connectivity index (χ3v) is 3.53. The van der Waals surface area contributed by atoms with Crippen molar-refractivity contribution in [2.75, 3.05) is 6.61 Å². The normalized spacial score (nSPS) is 12.7. The van der Waals surface area contributed by atoms with Crippen molar-refractivity contribution in [2.45, 2.75) is 19.9 Å². The van der Waals surface area contributed by atoms with Crippen molar-refractivity contribution in [2.24, 2.45) is 5.73 Å². The van der Waals surface area contributed by atoms with Crippen LogP contribution in [0.25, 0.3) is 10.6 Å². The van der Waals surface area contributed by atoms with Crippen molar-refractivity contribution in [3.05, 3.63) is 34.6 Å². The summed E-state index contributed by atoms with van der Waals surface area (Å²) in [7, 11) is 0. The van der Waals surface area contributed by atoms with Gasteiger partial charge < -0.3 is 10.8 Å². The van der Waals surface area contributed by atoms with Crippen molar-refractivity contribution in [3.8, 4) is 10.6 Å². The summed E-state index contributed by atoms with van der Waals surface area (Å²) in [5.74, 6) is 0.496. The van der Waals surface area contributed by atoms with Crippen LogP contribution in [0.1, 0.15) is 23.1 Å². The minimum absolute atomic E-state index is 0.147. The van der Waals surface area contributed by atoms with Crippen molar-refractivity contribution >= 4 is 11.3 Å². The van der Waals surface area contributed by atoms with Crippen LogP contribution in [-0.4, -0.2) is 21.7 Å². The first-order valence-corrected chi connectivity index (χ1v) is 6.26. The number of rotatable bonds is 3. The summed E-state index contributed by atoms with van der Waals surface area (Å²) >= 11 is 1.65. The molecular weight excluding hydrogens is 234 g/mol. The van der Waals surface area contributed by atoms with Crippen LogP contribution in [0.4, 0.5) is 0 Å². The van der Waals surface area contributed by atoms with E-state index in [1.54, 1.807) is 11.3 Å². The topological polar surface area (TPSA) is 72.0 Å². The lowest BCUT2D eigenvalue weighted by Gasteiger charge is -2.09. The van der Waals surface area contributed by atoms with Crippen molar-refractivity contribution < 1.29 is 5.11 Å². The number of nitrogens with two attached hydrogens (primary N) is 1. The van der Waals surface area contributed by atoms with Gasteiger partial charge in [-0.2, -0.15) is 0 Å². The summed E-state index contributed by atoms with van der Waals surface area (Å²) in [6, 6.07) is 3.48. The molecule has 0 radical (unpaired) electrons. The summed E-state index contributed by atoms with van der Waals surface area (Å²) in [5.41, 5.74) is 8.68. The predicted molar refractivity (Wildman–Crippen MR) is 68.8 cm³/mol. The van der Waals surface area contributed by atoms with E-state index < -0.39 is 6.04 Å². The minimum atomic E-state index is -0.520. The molecule has 2 rings (SSSR count). The second kappa shape index (κ2) is 4.91. The first-order chi connectivity index (χ1) is 8.11. The Morgan fingerprint density at radius 1 is 1.41 bits per heavy atom. The van der Waals surface area contributed by atoms with Gasteiger partial charge in [0.2, 0.25) is 0 Å². The van der Waals surface area contributed by atoms with Crippen molar-refractivity contribution in [3.63, 3.8) is 0 Å². The van der Waals surface area contributed by atoms with Gasteiger partial charge in [-0.15, -0.1) is 11.3 Å². The highest BCUT2D eigenvalue weighted by atomic mass is 32.1. The van der Waals surface area contributed by atoms with Gasteiger partial charge >= 0.3 is 0 Å². The van der Waals surface area contributed by atoms with Gasteiger partial charge in [-0.1, -0.05) is 0 Å². The van der Waals surface area contributed by atoms with E-state index >= 15 is 0 Å². The molecular formula is C12H15N3OS. The molecule has 4 nitrogen and oxygen atoms in total. The van der Waals surface area contributed by atoms with Crippen LogP contribution >= 0.6 is 11.3 Å². The van der Waals surface area contributed by atoms with E-state index in [1.165, 1.54) is 5.56 Å². The summed E-state index contributed by atoms with van der Waals surface area (Å²) in [6.07, 6.45) is 0. The second-order valence-corrected chi connectivity index (χ2v) is 4.89. The molecule has 0 aliphatic rings. The van der Waals surface area contributed by atoms with E-state index in [1.807, 2.05) is 18.4 Å². The van der Waals surface area contributed by atoms with Gasteiger partial charge in [0.15, 0.2) is 0 Å². The van der Waals surface area contributed by atoms with E-state index in [-0.39, 0.29) is 6.61 Å². The molecule has 0 amide bonds. The van der Waals surface area contributed by atoms with Crippen molar-refractivity contribution in [1.29, 1.82) is 0 Å². The zero-order valence-corrected chi connectivity index (χ0v) is 10.7. The molecule has 0 spiro atoms. The Kier molecular flexibility index (Phi) is 3.51. The number of hydrogen-bond acceptors (Lipinski definition) is 5. The molecule has 0 bridgehead atoms. The summed E-state index contributed by atoms with van der Waals surface area (Å²) in [6.45, 7) is 3.81. The zero-order chi connectivity index (χ0) is 12.4. The fraction of sp³-hybridized carbons (Fsp3) is 0.333. The lowest BCUT2D eigenvalue weighted by atomic mass is 10.2. The molecule has 3 N–H and O–H groups in total. The number of aliphatic hydroxyl groups is 1. The summed E-state index contributed by atoms with van der Waals surface area (Å²) in [4.78, 5) is 9.80. The van der Waals surface area contributed by atoms with Crippen molar-refractivity contribution in [1.82, 2.24) is 9.97 Å². The first-order valence-electron chi connectivity index (χ1n) is 5.38. The first kappa shape index (κ1) is 12.2. The second-order valence-electron chi connectivity index (χ2n) is 3.97. The number of hydrogen-bond donors (Lipinski definition) is 2. The smallest absolute Gasteiger partial charge is 0.148 e. The van der Waals surface area contributed by atoms with Crippen LogP contribution in [0.15, 0.2) is 17.5 Å². The third kappa shape index (κ3) is 2.52. The average Bonchev–Trinajstić information content (AvgIpc) is 2.73. The average molecular weight is 249 g/mol. The minimum Gasteiger partial charge on any atom is -0.394 e. The monoisotopic (exact) mass is 249 g/mol. The highest BCUT2D eigenvalue weighted by Crippen LogP contribution is 2.28. The third-order valence-electron chi connectivity index (χ3n) is 2.49. The molecule has 0 aliphatic heterocycles. The highest BCUT2D eigenvalue weighted by Gasteiger charge is 2.12. The largest absolute Gasteiger partial charge is 0.394 e. The molecule has 0 fully saturated rings. The standard InChI is InChI=1S/C12H15N3OS/c1-7-3-4-17-11(7)10-5-8(2)14-12(15-10)9(13)6-16/h3-5,9,16H,6,13H2,1-2H3. The van der Waals surface area contributed by atoms with E-state index in [2.05, 4.69) is 23.0 Å². The van der Waals surface area contributed by atoms with Gasteiger partial charge in [0.1, 0.15) is 5.82 Å². The number of nitrogens with zero attached hydrogens (tertiary/aromatic N) is 2. The molecule has 1 atom stereocenters. The van der Waals surface area contributed by atoms with Crippen LogP contribution in [0.3, 0.4) is 0 Å². The van der Waals surface area contributed by atoms with E-state index in [9.17, 15) is 0 Å². The maximum atomic E-state index is 9.05. The fourth-order valence-corrected chi connectivity index (χ4v) is 2.48. The maximum Gasteiger partial charge on any atom is 0.148 e. The Morgan fingerprint density at radius 2 is 2.18 bits per heavy atom. The predicted octanol–water partition coefficient (Wildman–Crippen LogP) is 1.81. The Labute approximate surface area is 104 Å². The molecule has 90 valence electrons. The van der Waals surface area contributed by atoms with Crippen LogP contribution in [0.2, 0.25) is 0 Å². The maximum absolute atomic E-state index is 9.05. The SMILES string of the molecule is Cc1cc(-c2sccc2C)nc(C(N)CO)n1.